The molecule has 103 heavy (non-hydrogen) atoms. The molecule has 0 unspecified atom stereocenters. The number of urea groups is 1. The Morgan fingerprint density at radius 1 is 0.777 bits per heavy atom. The van der Waals surface area contributed by atoms with Crippen molar-refractivity contribution in [2.75, 3.05) is 45.9 Å². The number of carbonyl (C=O) groups is 11. The summed E-state index contributed by atoms with van der Waals surface area (Å²) < 4.78 is 17.8. The molecule has 0 radical (unpaired) electrons. The first-order chi connectivity index (χ1) is 48.9. The van der Waals surface area contributed by atoms with Crippen LogP contribution in [0, 0.1) is 41.4 Å². The van der Waals surface area contributed by atoms with E-state index in [1.165, 1.54) is 63.4 Å². The number of benzene rings is 2. The van der Waals surface area contributed by atoms with Gasteiger partial charge < -0.3 is 55.8 Å². The number of methoxy groups -OCH3 is 2. The molecule has 7 amide bonds. The first-order valence-electron chi connectivity index (χ1n) is 36.1. The van der Waals surface area contributed by atoms with Gasteiger partial charge in [0.1, 0.15) is 18.2 Å². The first kappa shape index (κ1) is 85.8. The Hall–Kier alpha value is -7.81. The van der Waals surface area contributed by atoms with Crippen LogP contribution in [-0.2, 0) is 65.6 Å². The zero-order valence-corrected chi connectivity index (χ0v) is 64.4. The van der Waals surface area contributed by atoms with E-state index in [4.69, 9.17) is 19.9 Å². The molecule has 0 bridgehead atoms. The van der Waals surface area contributed by atoms with Crippen molar-refractivity contribution in [2.24, 2.45) is 47.2 Å². The highest BCUT2D eigenvalue weighted by Gasteiger charge is 2.44. The number of thiazole rings is 1. The van der Waals surface area contributed by atoms with Crippen LogP contribution in [0.1, 0.15) is 198 Å². The number of ether oxygens (including phenoxy) is 3. The Bertz CT molecular complexity index is 3410. The van der Waals surface area contributed by atoms with Crippen LogP contribution in [0.2, 0.25) is 0 Å². The Morgan fingerprint density at radius 2 is 1.45 bits per heavy atom. The Labute approximate surface area is 616 Å². The third-order valence-electron chi connectivity index (χ3n) is 19.8. The average molecular weight is 1470 g/mol. The maximum atomic E-state index is 14.8. The molecule has 0 spiro atoms. The lowest BCUT2D eigenvalue weighted by molar-refractivity contribution is -0.149. The largest absolute Gasteiger partial charge is 0.445 e. The van der Waals surface area contributed by atoms with E-state index in [9.17, 15) is 52.7 Å². The molecule has 24 nitrogen and oxygen atoms in total. The van der Waals surface area contributed by atoms with Gasteiger partial charge in [0.2, 0.25) is 23.6 Å². The number of amides is 7. The number of unbranched alkanes of at least 4 members (excludes halogenated alkanes) is 2. The molecular formula is C77H112N10O14S2. The number of carbonyl (C=O) groups excluding carboxylic acids is 11. The molecule has 4 aromatic rings. The number of anilines is 1. The van der Waals surface area contributed by atoms with Crippen LogP contribution in [-0.4, -0.2) is 166 Å². The molecule has 1 fully saturated rings. The molecule has 2 aromatic carbocycles. The highest BCUT2D eigenvalue weighted by molar-refractivity contribution is 7.98. The van der Waals surface area contributed by atoms with Gasteiger partial charge in [-0.2, -0.15) is 0 Å². The van der Waals surface area contributed by atoms with Gasteiger partial charge in [-0.25, -0.2) is 24.5 Å². The molecule has 11 atom stereocenters. The number of ketones is 5. The summed E-state index contributed by atoms with van der Waals surface area (Å²) in [5.74, 6) is -6.44. The standard InChI is InChI=1S/C77H112N10O14S2/c1-15-49(6)68(64(99-12)43-66(93)87-36-23-28-60(87)69(100-13)51(8)62(90)41-56(72-79-35-37-103-72)39-52-24-18-16-19-25-52)86(11)73(96)59(47(2)3)42-65(92)77(9,10)85-76(98)101-46-53-30-32-58(33-31-53)83-70(94)55(27-22-34-80-74(78)97)40-63(91)67(48(4)5)84-71(95)54(38-50(7)88)26-20-17-21-29-61(89)57-44-81-75(102-14)82-45-57/h16,18-19,24-25,30-33,35,37,44-45,47-49,51,54-56,59-60,64,67-69H,15,17,20-23,26-29,34,36,38-43,46H2,1-14H3,(H,83,94)(H,84,95)(H,85,98)(H3,78,80,97)/t49-,51-,54+,55+,56+,59-,60-,64+,67-,68-,69+/m0/s1. The van der Waals surface area contributed by atoms with E-state index in [0.29, 0.717) is 79.9 Å². The third-order valence-corrected chi connectivity index (χ3v) is 21.3. The van der Waals surface area contributed by atoms with Crippen LogP contribution < -0.4 is 27.0 Å². The van der Waals surface area contributed by atoms with Gasteiger partial charge in [0, 0.05) is 126 Å². The molecule has 5 rings (SSSR count). The number of nitrogens with two attached hydrogens (primary N) is 1. The molecule has 1 saturated heterocycles. The molecule has 6 N–H and O–H groups in total. The number of likely N-dealkylation sites (N-methyl/N-ethyl adjacent to an activating group) is 1. The van der Waals surface area contributed by atoms with Crippen molar-refractivity contribution in [1.82, 2.24) is 40.7 Å². The summed E-state index contributed by atoms with van der Waals surface area (Å²) in [7, 11) is 4.80. The highest BCUT2D eigenvalue weighted by Crippen LogP contribution is 2.35. The van der Waals surface area contributed by atoms with E-state index in [1.54, 1.807) is 63.4 Å². The summed E-state index contributed by atoms with van der Waals surface area (Å²) in [6.45, 7) is 18.0. The van der Waals surface area contributed by atoms with Gasteiger partial charge in [-0.3, -0.25) is 38.4 Å². The van der Waals surface area contributed by atoms with Crippen molar-refractivity contribution in [1.29, 1.82) is 0 Å². The van der Waals surface area contributed by atoms with Crippen molar-refractivity contribution in [3.05, 3.63) is 100 Å². The maximum absolute atomic E-state index is 14.8. The highest BCUT2D eigenvalue weighted by atomic mass is 32.2. The molecule has 0 saturated carbocycles. The SMILES string of the molecule is CC[C@H](C)[C@@H]([C@@H](CC(=O)N1CCC[C@H]1[C@H](OC)[C@@H](C)C(=O)C[C@@H](Cc1ccccc1)c1nccs1)OC)N(C)C(=O)[C@@H](CC(=O)C(C)(C)NC(=O)OCc1ccc(NC(=O)[C@H](CCCNC(N)=O)CC(=O)[C@@H](NC(=O)[C@H](CCCCCC(=O)c2cnc(SC)nc2)CC(C)=O)C(C)C)cc1)C(C)C. The molecule has 3 heterocycles. The van der Waals surface area contributed by atoms with Gasteiger partial charge in [0.05, 0.1) is 52.9 Å². The first-order valence-corrected chi connectivity index (χ1v) is 38.2. The Balaban J connectivity index is 1.16. The van der Waals surface area contributed by atoms with Gasteiger partial charge in [-0.1, -0.05) is 122 Å². The normalized spacial score (nSPS) is 16.0. The molecule has 566 valence electrons. The topological polar surface area (TPSA) is 335 Å². The van der Waals surface area contributed by atoms with Gasteiger partial charge in [0.15, 0.2) is 22.5 Å². The third kappa shape index (κ3) is 27.0. The summed E-state index contributed by atoms with van der Waals surface area (Å²) in [6, 6.07) is 13.8. The van der Waals surface area contributed by atoms with Crippen molar-refractivity contribution in [3.63, 3.8) is 0 Å². The van der Waals surface area contributed by atoms with Crippen molar-refractivity contribution in [2.45, 2.75) is 226 Å². The van der Waals surface area contributed by atoms with Crippen LogP contribution >= 0.6 is 23.1 Å². The number of thioether (sulfide) groups is 1. The lowest BCUT2D eigenvalue weighted by Gasteiger charge is -2.41. The molecule has 26 heteroatoms. The molecule has 2 aromatic heterocycles. The fourth-order valence-electron chi connectivity index (χ4n) is 13.5. The van der Waals surface area contributed by atoms with Crippen LogP contribution in [0.3, 0.4) is 0 Å². The maximum Gasteiger partial charge on any atom is 0.408 e. The minimum atomic E-state index is -1.48. The lowest BCUT2D eigenvalue weighted by atomic mass is 9.83. The van der Waals surface area contributed by atoms with Crippen LogP contribution in [0.5, 0.6) is 0 Å². The van der Waals surface area contributed by atoms with Crippen molar-refractivity contribution >= 4 is 93.5 Å². The van der Waals surface area contributed by atoms with Gasteiger partial charge in [-0.05, 0) is 113 Å². The number of nitrogens with one attached hydrogen (secondary N) is 4. The monoisotopic (exact) mass is 1460 g/mol. The van der Waals surface area contributed by atoms with Crippen molar-refractivity contribution < 1.29 is 67.0 Å². The minimum Gasteiger partial charge on any atom is -0.445 e. The van der Waals surface area contributed by atoms with E-state index < -0.39 is 89.0 Å². The number of hydrogen-bond donors (Lipinski definition) is 5. The summed E-state index contributed by atoms with van der Waals surface area (Å²) in [6.07, 6.45) is 9.64. The summed E-state index contributed by atoms with van der Waals surface area (Å²) in [5.41, 5.74) is 6.25. The van der Waals surface area contributed by atoms with E-state index in [2.05, 4.69) is 48.4 Å². The summed E-state index contributed by atoms with van der Waals surface area (Å²) in [5, 5.41) is 14.3. The van der Waals surface area contributed by atoms with E-state index in [1.807, 2.05) is 69.4 Å². The molecule has 1 aliphatic heterocycles. The smallest absolute Gasteiger partial charge is 0.408 e. The van der Waals surface area contributed by atoms with E-state index in [0.717, 1.165) is 17.0 Å². The van der Waals surface area contributed by atoms with Gasteiger partial charge >= 0.3 is 12.1 Å². The number of nitrogens with zero attached hydrogens (tertiary/aromatic N) is 5. The second-order valence-corrected chi connectivity index (χ2v) is 30.3. The molecule has 0 aliphatic carbocycles. The van der Waals surface area contributed by atoms with Crippen LogP contribution in [0.15, 0.2) is 83.7 Å². The predicted octanol–water partition coefficient (Wildman–Crippen LogP) is 11.3. The molecule has 1 aliphatic rings. The number of Topliss-reactive ketones (excluding diaryl/α,β-unsaturated/α-hetero) is 5. The zero-order chi connectivity index (χ0) is 76.1. The van der Waals surface area contributed by atoms with E-state index >= 15 is 0 Å². The van der Waals surface area contributed by atoms with E-state index in [-0.39, 0.29) is 117 Å². The molecular weight excluding hydrogens is 1350 g/mol. The average Bonchev–Trinajstić information content (AvgIpc) is 1.80. The fourth-order valence-corrected chi connectivity index (χ4v) is 14.6. The predicted molar refractivity (Wildman–Crippen MR) is 398 cm³/mol. The van der Waals surface area contributed by atoms with Gasteiger partial charge in [-0.15, -0.1) is 11.3 Å². The van der Waals surface area contributed by atoms with Crippen LogP contribution in [0.25, 0.3) is 0 Å². The number of aromatic nitrogens is 3. The summed E-state index contributed by atoms with van der Waals surface area (Å²) in [4.78, 5) is 166. The second kappa shape index (κ2) is 42.8. The Morgan fingerprint density at radius 3 is 2.04 bits per heavy atom. The number of likely N-dealkylation sites (tertiary alicyclic amines) is 1. The van der Waals surface area contributed by atoms with Gasteiger partial charge in [0.25, 0.3) is 0 Å². The number of rotatable bonds is 46. The Kier molecular flexibility index (Phi) is 35.7. The lowest BCUT2D eigenvalue weighted by Crippen LogP contribution is -2.55. The quantitative estimate of drug-likeness (QED) is 0.0119. The van der Waals surface area contributed by atoms with Crippen LogP contribution in [0.4, 0.5) is 15.3 Å². The number of hydrogen-bond acceptors (Lipinski definition) is 19. The fraction of sp³-hybridized carbons (Fsp3) is 0.610. The minimum absolute atomic E-state index is 0.0315. The number of primary amides is 1. The van der Waals surface area contributed by atoms with Crippen molar-refractivity contribution in [3.8, 4) is 0 Å². The second-order valence-electron chi connectivity index (χ2n) is 28.6. The zero-order valence-electron chi connectivity index (χ0n) is 62.8. The summed E-state index contributed by atoms with van der Waals surface area (Å²) >= 11 is 2.91. The number of alkyl carbamates (subject to hydrolysis) is 1.